The predicted octanol–water partition coefficient (Wildman–Crippen LogP) is 2.53. The summed E-state index contributed by atoms with van der Waals surface area (Å²) in [7, 11) is 0. The fraction of sp³-hybridized carbons (Fsp3) is 1.00. The molecule has 2 saturated carbocycles. The molecular weight excluding hydrogens is 238 g/mol. The summed E-state index contributed by atoms with van der Waals surface area (Å²) in [6, 6.07) is 0. The van der Waals surface area contributed by atoms with E-state index in [1.807, 2.05) is 6.92 Å². The molecule has 2 fully saturated rings. The van der Waals surface area contributed by atoms with E-state index in [0.29, 0.717) is 11.3 Å². The van der Waals surface area contributed by atoms with Gasteiger partial charge in [0.1, 0.15) is 0 Å². The van der Waals surface area contributed by atoms with Crippen molar-refractivity contribution in [3.8, 4) is 0 Å². The summed E-state index contributed by atoms with van der Waals surface area (Å²) >= 11 is 0. The lowest BCUT2D eigenvalue weighted by atomic mass is 9.84. The maximum atomic E-state index is 10.6. The first kappa shape index (κ1) is 15.3. The Morgan fingerprint density at radius 2 is 1.79 bits per heavy atom. The van der Waals surface area contributed by atoms with Crippen molar-refractivity contribution < 1.29 is 9.84 Å². The van der Waals surface area contributed by atoms with Gasteiger partial charge in [-0.15, -0.1) is 0 Å². The Bertz CT molecular complexity index is 310. The second kappa shape index (κ2) is 5.34. The van der Waals surface area contributed by atoms with E-state index >= 15 is 0 Å². The highest BCUT2D eigenvalue weighted by Crippen LogP contribution is 2.66. The molecule has 0 heterocycles. The molecule has 1 N–H and O–H groups in total. The Balaban J connectivity index is 1.83. The second-order valence-electron chi connectivity index (χ2n) is 7.22. The smallest absolute Gasteiger partial charge is 0.0883 e. The molecular formula is C16H31NO2. The van der Waals surface area contributed by atoms with Gasteiger partial charge in [0.15, 0.2) is 0 Å². The highest BCUT2D eigenvalue weighted by atomic mass is 16.5. The van der Waals surface area contributed by atoms with Gasteiger partial charge in [0.25, 0.3) is 0 Å². The van der Waals surface area contributed by atoms with Crippen LogP contribution < -0.4 is 0 Å². The molecule has 0 bridgehead atoms. The summed E-state index contributed by atoms with van der Waals surface area (Å²) in [6.45, 7) is 14.8. The van der Waals surface area contributed by atoms with Crippen molar-refractivity contribution in [2.75, 3.05) is 26.2 Å². The first-order valence-electron chi connectivity index (χ1n) is 7.89. The average molecular weight is 269 g/mol. The molecule has 112 valence electrons. The lowest BCUT2D eigenvalue weighted by Crippen LogP contribution is -2.45. The van der Waals surface area contributed by atoms with Crippen molar-refractivity contribution in [1.82, 2.24) is 4.90 Å². The van der Waals surface area contributed by atoms with Crippen LogP contribution in [0, 0.1) is 17.3 Å². The molecule has 4 atom stereocenters. The number of hydrogen-bond donors (Lipinski definition) is 1. The first-order valence-corrected chi connectivity index (χ1v) is 7.89. The molecule has 0 aliphatic heterocycles. The van der Waals surface area contributed by atoms with Gasteiger partial charge in [-0.3, -0.25) is 0 Å². The lowest BCUT2D eigenvalue weighted by molar-refractivity contribution is -0.124. The average Bonchev–Trinajstić information content (AvgIpc) is 2.84. The molecule has 3 heteroatoms. The molecule has 0 saturated heterocycles. The van der Waals surface area contributed by atoms with E-state index in [9.17, 15) is 5.11 Å². The molecule has 0 aromatic carbocycles. The number of likely N-dealkylation sites (N-methyl/N-ethyl adjacent to an activating group) is 1. The van der Waals surface area contributed by atoms with E-state index in [0.717, 1.165) is 45.0 Å². The molecule has 2 aliphatic carbocycles. The summed E-state index contributed by atoms with van der Waals surface area (Å²) in [6.07, 6.45) is 1.95. The molecule has 19 heavy (non-hydrogen) atoms. The van der Waals surface area contributed by atoms with Crippen LogP contribution in [0.4, 0.5) is 0 Å². The van der Waals surface area contributed by atoms with E-state index < -0.39 is 5.60 Å². The molecule has 2 rings (SSSR count). The minimum atomic E-state index is -0.641. The third kappa shape index (κ3) is 2.98. The van der Waals surface area contributed by atoms with Crippen LogP contribution in [0.3, 0.4) is 0 Å². The van der Waals surface area contributed by atoms with Crippen molar-refractivity contribution in [3.63, 3.8) is 0 Å². The van der Waals surface area contributed by atoms with Crippen molar-refractivity contribution in [1.29, 1.82) is 0 Å². The topological polar surface area (TPSA) is 32.7 Å². The summed E-state index contributed by atoms with van der Waals surface area (Å²) < 4.78 is 6.03. The van der Waals surface area contributed by atoms with Gasteiger partial charge in [0.2, 0.25) is 0 Å². The minimum Gasteiger partial charge on any atom is -0.387 e. The van der Waals surface area contributed by atoms with Crippen LogP contribution in [0.1, 0.15) is 47.5 Å². The maximum Gasteiger partial charge on any atom is 0.0883 e. The number of ether oxygens (including phenoxy) is 1. The van der Waals surface area contributed by atoms with Gasteiger partial charge in [-0.1, -0.05) is 27.7 Å². The molecule has 0 unspecified atom stereocenters. The summed E-state index contributed by atoms with van der Waals surface area (Å²) in [4.78, 5) is 2.36. The van der Waals surface area contributed by atoms with Gasteiger partial charge in [-0.05, 0) is 50.1 Å². The Hall–Kier alpha value is -0.120. The zero-order valence-corrected chi connectivity index (χ0v) is 13.3. The Morgan fingerprint density at radius 1 is 1.16 bits per heavy atom. The minimum absolute atomic E-state index is 0.0195. The number of hydrogen-bond acceptors (Lipinski definition) is 3. The molecule has 0 spiro atoms. The van der Waals surface area contributed by atoms with E-state index in [1.54, 1.807) is 0 Å². The number of nitrogens with zero attached hydrogens (tertiary/aromatic N) is 1. The van der Waals surface area contributed by atoms with Crippen molar-refractivity contribution in [2.24, 2.45) is 17.3 Å². The van der Waals surface area contributed by atoms with E-state index in [-0.39, 0.29) is 6.10 Å². The van der Waals surface area contributed by atoms with Gasteiger partial charge in [-0.2, -0.15) is 0 Å². The highest BCUT2D eigenvalue weighted by molar-refractivity contribution is 5.13. The van der Waals surface area contributed by atoms with Crippen LogP contribution in [0.15, 0.2) is 0 Å². The molecule has 0 aromatic rings. The van der Waals surface area contributed by atoms with Crippen molar-refractivity contribution in [3.05, 3.63) is 0 Å². The largest absolute Gasteiger partial charge is 0.387 e. The quantitative estimate of drug-likeness (QED) is 0.804. The van der Waals surface area contributed by atoms with E-state index in [4.69, 9.17) is 4.74 Å². The summed E-state index contributed by atoms with van der Waals surface area (Å²) in [5, 5.41) is 10.6. The molecule has 0 aromatic heterocycles. The first-order chi connectivity index (χ1) is 8.82. The van der Waals surface area contributed by atoms with Gasteiger partial charge in [-0.25, -0.2) is 0 Å². The molecule has 0 radical (unpaired) electrons. The Labute approximate surface area is 118 Å². The third-order valence-corrected chi connectivity index (χ3v) is 5.70. The second-order valence-corrected chi connectivity index (χ2v) is 7.22. The molecule has 3 nitrogen and oxygen atoms in total. The number of fused-ring (bicyclic) bond motifs is 1. The van der Waals surface area contributed by atoms with Crippen molar-refractivity contribution in [2.45, 2.75) is 59.2 Å². The standard InChI is InChI=1S/C16H31NO2/c1-6-17(7-2)8-9-19-14-10-12-13(15(12,3)4)11-16(14,5)18/h12-14,18H,6-11H2,1-5H3/t12-,13+,14-,16-/m1/s1. The van der Waals surface area contributed by atoms with Gasteiger partial charge < -0.3 is 14.7 Å². The van der Waals surface area contributed by atoms with Crippen LogP contribution in [-0.4, -0.2) is 48.0 Å². The Morgan fingerprint density at radius 3 is 2.37 bits per heavy atom. The molecule has 0 amide bonds. The Kier molecular flexibility index (Phi) is 4.29. The maximum absolute atomic E-state index is 10.6. The molecule has 2 aliphatic rings. The third-order valence-electron chi connectivity index (χ3n) is 5.70. The van der Waals surface area contributed by atoms with Crippen LogP contribution in [0.5, 0.6) is 0 Å². The van der Waals surface area contributed by atoms with Crippen molar-refractivity contribution >= 4 is 0 Å². The summed E-state index contributed by atoms with van der Waals surface area (Å²) in [5.41, 5.74) is -0.223. The van der Waals surface area contributed by atoms with Crippen LogP contribution >= 0.6 is 0 Å². The zero-order valence-electron chi connectivity index (χ0n) is 13.3. The van der Waals surface area contributed by atoms with Gasteiger partial charge >= 0.3 is 0 Å². The SMILES string of the molecule is CCN(CC)CCO[C@@H]1C[C@@H]2[C@H](C[C@@]1(C)O)C2(C)C. The fourth-order valence-electron chi connectivity index (χ4n) is 3.90. The zero-order chi connectivity index (χ0) is 14.3. The normalized spacial score (nSPS) is 40.3. The van der Waals surface area contributed by atoms with Crippen LogP contribution in [0.25, 0.3) is 0 Å². The number of aliphatic hydroxyl groups is 1. The lowest BCUT2D eigenvalue weighted by Gasteiger charge is -2.36. The summed E-state index contributed by atoms with van der Waals surface area (Å²) in [5.74, 6) is 1.45. The monoisotopic (exact) mass is 269 g/mol. The van der Waals surface area contributed by atoms with Gasteiger partial charge in [0.05, 0.1) is 18.3 Å². The fourth-order valence-corrected chi connectivity index (χ4v) is 3.90. The van der Waals surface area contributed by atoms with Gasteiger partial charge in [0, 0.05) is 6.54 Å². The highest BCUT2D eigenvalue weighted by Gasteiger charge is 2.64. The van der Waals surface area contributed by atoms with E-state index in [2.05, 4.69) is 32.6 Å². The van der Waals surface area contributed by atoms with Crippen LogP contribution in [-0.2, 0) is 4.74 Å². The number of rotatable bonds is 6. The van der Waals surface area contributed by atoms with E-state index in [1.165, 1.54) is 0 Å². The van der Waals surface area contributed by atoms with Crippen LogP contribution in [0.2, 0.25) is 0 Å². The predicted molar refractivity (Wildman–Crippen MR) is 78.1 cm³/mol.